The van der Waals surface area contributed by atoms with E-state index in [1.165, 1.54) is 18.7 Å². The third kappa shape index (κ3) is 2.08. The van der Waals surface area contributed by atoms with E-state index in [4.69, 9.17) is 0 Å². The minimum Gasteiger partial charge on any atom is -0.354 e. The molecule has 140 valence electrons. The number of aromatic nitrogens is 2. The molecule has 0 saturated carbocycles. The van der Waals surface area contributed by atoms with E-state index in [0.29, 0.717) is 12.4 Å². The number of imide groups is 1. The van der Waals surface area contributed by atoms with Crippen molar-refractivity contribution in [3.63, 3.8) is 0 Å². The van der Waals surface area contributed by atoms with Crippen LogP contribution < -0.4 is 9.80 Å². The van der Waals surface area contributed by atoms with Gasteiger partial charge in [0.2, 0.25) is 11.8 Å². The second-order valence-electron chi connectivity index (χ2n) is 7.25. The van der Waals surface area contributed by atoms with Crippen LogP contribution in [0.15, 0.2) is 48.5 Å². The second kappa shape index (κ2) is 5.73. The van der Waals surface area contributed by atoms with Crippen LogP contribution in [0.2, 0.25) is 0 Å². The van der Waals surface area contributed by atoms with Crippen molar-refractivity contribution in [2.75, 3.05) is 16.8 Å². The quantitative estimate of drug-likeness (QED) is 0.547. The fraction of sp³-hybridized carbons (Fsp3) is 0.182. The summed E-state index contributed by atoms with van der Waals surface area (Å²) in [4.78, 5) is 31.9. The van der Waals surface area contributed by atoms with Crippen molar-refractivity contribution in [2.45, 2.75) is 20.5 Å². The summed E-state index contributed by atoms with van der Waals surface area (Å²) in [5.41, 5.74) is 5.55. The first-order valence-corrected chi connectivity index (χ1v) is 9.23. The minimum absolute atomic E-state index is 0.289. The van der Waals surface area contributed by atoms with E-state index >= 15 is 0 Å². The molecule has 4 aromatic rings. The zero-order valence-corrected chi connectivity index (χ0v) is 16.0. The fourth-order valence-electron chi connectivity index (χ4n) is 4.43. The summed E-state index contributed by atoms with van der Waals surface area (Å²) in [6.45, 7) is 3.50. The highest BCUT2D eigenvalue weighted by Crippen LogP contribution is 2.48. The van der Waals surface area contributed by atoms with E-state index in [1.54, 1.807) is 0 Å². The van der Waals surface area contributed by atoms with E-state index < -0.39 is 0 Å². The smallest absolute Gasteiger partial charge is 0.230 e. The van der Waals surface area contributed by atoms with Crippen LogP contribution in [0.4, 0.5) is 11.4 Å². The Labute approximate surface area is 162 Å². The van der Waals surface area contributed by atoms with Crippen molar-refractivity contribution in [3.05, 3.63) is 48.5 Å². The number of rotatable bonds is 1. The Bertz CT molecular complexity index is 1270. The summed E-state index contributed by atoms with van der Waals surface area (Å²) in [5.74, 6) is -0.577. The van der Waals surface area contributed by atoms with Gasteiger partial charge in [0.25, 0.3) is 0 Å². The van der Waals surface area contributed by atoms with Gasteiger partial charge in [-0.05, 0) is 12.1 Å². The van der Waals surface area contributed by atoms with Gasteiger partial charge in [-0.1, -0.05) is 36.4 Å². The SMILES string of the molecule is CC(=O)N(C(C)=O)c1c2n(c3ccccc13)CN(C)c1c-2[nH]c2ccccc12. The van der Waals surface area contributed by atoms with Crippen LogP contribution in [0.5, 0.6) is 0 Å². The lowest BCUT2D eigenvalue weighted by atomic mass is 10.1. The normalized spacial score (nSPS) is 12.9. The molecular weight excluding hydrogens is 352 g/mol. The molecule has 0 fully saturated rings. The molecular formula is C22H20N4O2. The van der Waals surface area contributed by atoms with Gasteiger partial charge in [-0.2, -0.15) is 0 Å². The molecule has 0 saturated heterocycles. The predicted octanol–water partition coefficient (Wildman–Crippen LogP) is 4.10. The summed E-state index contributed by atoms with van der Waals surface area (Å²) in [6, 6.07) is 16.1. The van der Waals surface area contributed by atoms with Crippen LogP contribution in [-0.2, 0) is 16.3 Å². The second-order valence-corrected chi connectivity index (χ2v) is 7.25. The van der Waals surface area contributed by atoms with Gasteiger partial charge >= 0.3 is 0 Å². The van der Waals surface area contributed by atoms with E-state index in [-0.39, 0.29) is 11.8 Å². The Kier molecular flexibility index (Phi) is 3.40. The average molecular weight is 372 g/mol. The predicted molar refractivity (Wildman–Crippen MR) is 111 cm³/mol. The highest BCUT2D eigenvalue weighted by molar-refractivity contribution is 6.22. The zero-order chi connectivity index (χ0) is 19.6. The fourth-order valence-corrected chi connectivity index (χ4v) is 4.43. The molecule has 5 rings (SSSR count). The average Bonchev–Trinajstić information content (AvgIpc) is 3.19. The lowest BCUT2D eigenvalue weighted by Crippen LogP contribution is -2.34. The highest BCUT2D eigenvalue weighted by Gasteiger charge is 2.33. The zero-order valence-electron chi connectivity index (χ0n) is 16.0. The Morgan fingerprint density at radius 3 is 2.32 bits per heavy atom. The molecule has 0 spiro atoms. The Hall–Kier alpha value is -3.54. The number of H-pyrrole nitrogens is 1. The van der Waals surface area contributed by atoms with Crippen molar-refractivity contribution in [2.24, 2.45) is 0 Å². The maximum atomic E-state index is 12.4. The van der Waals surface area contributed by atoms with Gasteiger partial charge in [0, 0.05) is 37.2 Å². The third-order valence-electron chi connectivity index (χ3n) is 5.45. The van der Waals surface area contributed by atoms with Gasteiger partial charge in [-0.3, -0.25) is 9.59 Å². The molecule has 1 N–H and O–H groups in total. The van der Waals surface area contributed by atoms with Crippen molar-refractivity contribution < 1.29 is 9.59 Å². The summed E-state index contributed by atoms with van der Waals surface area (Å²) in [5, 5.41) is 2.02. The van der Waals surface area contributed by atoms with Crippen molar-refractivity contribution >= 4 is 45.0 Å². The number of hydrogen-bond acceptors (Lipinski definition) is 3. The third-order valence-corrected chi connectivity index (χ3v) is 5.45. The van der Waals surface area contributed by atoms with Crippen LogP contribution >= 0.6 is 0 Å². The first kappa shape index (κ1) is 16.6. The number of carbonyl (C=O) groups excluding carboxylic acids is 2. The molecule has 0 atom stereocenters. The number of amides is 2. The molecule has 2 aromatic heterocycles. The summed E-state index contributed by atoms with van der Waals surface area (Å²) < 4.78 is 2.17. The topological polar surface area (TPSA) is 61.3 Å². The van der Waals surface area contributed by atoms with Gasteiger partial charge in [0.1, 0.15) is 0 Å². The van der Waals surface area contributed by atoms with Gasteiger partial charge in [0.05, 0.1) is 34.9 Å². The number of carbonyl (C=O) groups is 2. The number of aromatic amines is 1. The number of anilines is 2. The van der Waals surface area contributed by atoms with E-state index in [9.17, 15) is 9.59 Å². The van der Waals surface area contributed by atoms with Gasteiger partial charge < -0.3 is 14.5 Å². The lowest BCUT2D eigenvalue weighted by molar-refractivity contribution is -0.124. The summed E-state index contributed by atoms with van der Waals surface area (Å²) in [7, 11) is 2.06. The van der Waals surface area contributed by atoms with Gasteiger partial charge in [-0.25, -0.2) is 4.90 Å². The molecule has 0 bridgehead atoms. The van der Waals surface area contributed by atoms with Crippen LogP contribution in [0.1, 0.15) is 13.8 Å². The molecule has 28 heavy (non-hydrogen) atoms. The van der Waals surface area contributed by atoms with Crippen molar-refractivity contribution in [3.8, 4) is 11.4 Å². The minimum atomic E-state index is -0.289. The lowest BCUT2D eigenvalue weighted by Gasteiger charge is -2.29. The number of nitrogens with one attached hydrogen (secondary N) is 1. The molecule has 6 nitrogen and oxygen atoms in total. The molecule has 1 aliphatic heterocycles. The largest absolute Gasteiger partial charge is 0.354 e. The molecule has 2 amide bonds. The maximum absolute atomic E-state index is 12.4. The molecule has 0 radical (unpaired) electrons. The maximum Gasteiger partial charge on any atom is 0.230 e. The standard InChI is InChI=1S/C22H20N4O2/c1-13(27)26(14(2)28)21-16-9-5-7-11-18(16)25-12-24(3)20-15-8-4-6-10-17(15)23-19(20)22(21)25/h4-11,23H,12H2,1-3H3. The number of hydrogen-bond donors (Lipinski definition) is 1. The van der Waals surface area contributed by atoms with Crippen LogP contribution in [-0.4, -0.2) is 28.4 Å². The number of para-hydroxylation sites is 2. The van der Waals surface area contributed by atoms with Gasteiger partial charge in [-0.15, -0.1) is 0 Å². The summed E-state index contributed by atoms with van der Waals surface area (Å²) >= 11 is 0. The van der Waals surface area contributed by atoms with Crippen LogP contribution in [0.3, 0.4) is 0 Å². The Morgan fingerprint density at radius 2 is 1.61 bits per heavy atom. The molecule has 2 aromatic carbocycles. The van der Waals surface area contributed by atoms with Crippen LogP contribution in [0.25, 0.3) is 33.2 Å². The number of benzene rings is 2. The molecule has 0 unspecified atom stereocenters. The number of fused-ring (bicyclic) bond motifs is 7. The van der Waals surface area contributed by atoms with E-state index in [0.717, 1.165) is 38.9 Å². The van der Waals surface area contributed by atoms with Crippen molar-refractivity contribution in [1.82, 2.24) is 9.55 Å². The van der Waals surface area contributed by atoms with E-state index in [2.05, 4.69) is 27.6 Å². The first-order valence-electron chi connectivity index (χ1n) is 9.23. The van der Waals surface area contributed by atoms with E-state index in [1.807, 2.05) is 42.5 Å². The molecule has 1 aliphatic rings. The molecule has 3 heterocycles. The Balaban J connectivity index is 1.95. The Morgan fingerprint density at radius 1 is 0.964 bits per heavy atom. The van der Waals surface area contributed by atoms with Crippen LogP contribution in [0, 0.1) is 0 Å². The van der Waals surface area contributed by atoms with Crippen molar-refractivity contribution in [1.29, 1.82) is 0 Å². The molecule has 0 aliphatic carbocycles. The number of nitrogens with zero attached hydrogens (tertiary/aromatic N) is 3. The highest BCUT2D eigenvalue weighted by atomic mass is 16.2. The molecule has 6 heteroatoms. The first-order chi connectivity index (χ1) is 13.5. The summed E-state index contributed by atoms with van der Waals surface area (Å²) in [6.07, 6.45) is 0. The van der Waals surface area contributed by atoms with Gasteiger partial charge in [0.15, 0.2) is 0 Å². The monoisotopic (exact) mass is 372 g/mol.